The summed E-state index contributed by atoms with van der Waals surface area (Å²) in [6, 6.07) is 7.21. The van der Waals surface area contributed by atoms with Gasteiger partial charge in [-0.2, -0.15) is 17.5 Å². The summed E-state index contributed by atoms with van der Waals surface area (Å²) in [5, 5.41) is 10.4. The second kappa shape index (κ2) is 15.5. The lowest BCUT2D eigenvalue weighted by Gasteiger charge is -2.30. The maximum absolute atomic E-state index is 13.5. The second-order valence-electron chi connectivity index (χ2n) is 10.1. The normalized spacial score (nSPS) is 17.2. The number of carbonyl (C=O) groups is 2. The number of aliphatic carboxylic acids is 1. The monoisotopic (exact) mass is 578 g/mol. The van der Waals surface area contributed by atoms with Crippen LogP contribution >= 0.6 is 0 Å². The van der Waals surface area contributed by atoms with Crippen molar-refractivity contribution in [2.75, 3.05) is 58.9 Å². The number of carboxylic acids is 1. The van der Waals surface area contributed by atoms with E-state index in [9.17, 15) is 26.4 Å². The third-order valence-electron chi connectivity index (χ3n) is 6.80. The van der Waals surface area contributed by atoms with Gasteiger partial charge in [-0.3, -0.25) is 4.79 Å². The van der Waals surface area contributed by atoms with Gasteiger partial charge in [0.15, 0.2) is 0 Å². The van der Waals surface area contributed by atoms with Gasteiger partial charge in [-0.05, 0) is 62.5 Å². The number of likely N-dealkylation sites (tertiary alicyclic amines) is 1. The number of halogens is 3. The smallest absolute Gasteiger partial charge is 0.475 e. The van der Waals surface area contributed by atoms with Gasteiger partial charge in [-0.1, -0.05) is 32.4 Å². The van der Waals surface area contributed by atoms with E-state index in [1.165, 1.54) is 23.6 Å². The van der Waals surface area contributed by atoms with Crippen molar-refractivity contribution in [3.63, 3.8) is 0 Å². The average Bonchev–Trinajstić information content (AvgIpc) is 2.91. The maximum Gasteiger partial charge on any atom is 0.490 e. The first-order chi connectivity index (χ1) is 18.3. The molecule has 1 amide bonds. The summed E-state index contributed by atoms with van der Waals surface area (Å²) in [7, 11) is -3.64. The number of nitrogens with one attached hydrogen (secondary N) is 1. The van der Waals surface area contributed by atoms with Gasteiger partial charge >= 0.3 is 12.1 Å². The third kappa shape index (κ3) is 11.1. The van der Waals surface area contributed by atoms with Crippen molar-refractivity contribution in [2.45, 2.75) is 62.9 Å². The Morgan fingerprint density at radius 1 is 1.00 bits per heavy atom. The predicted molar refractivity (Wildman–Crippen MR) is 142 cm³/mol. The summed E-state index contributed by atoms with van der Waals surface area (Å²) in [5.74, 6) is -2.37. The van der Waals surface area contributed by atoms with Gasteiger partial charge < -0.3 is 20.2 Å². The van der Waals surface area contributed by atoms with E-state index in [4.69, 9.17) is 9.90 Å². The largest absolute Gasteiger partial charge is 0.490 e. The number of carboxylic acid groups (broad SMARTS) is 1. The van der Waals surface area contributed by atoms with Gasteiger partial charge in [0, 0.05) is 45.7 Å². The van der Waals surface area contributed by atoms with Crippen LogP contribution in [0.2, 0.25) is 0 Å². The molecule has 0 radical (unpaired) electrons. The number of benzene rings is 1. The summed E-state index contributed by atoms with van der Waals surface area (Å²) in [6.07, 6.45) is -0.331. The molecule has 0 unspecified atom stereocenters. The Hall–Kier alpha value is -2.22. The molecular weight excluding hydrogens is 537 g/mol. The van der Waals surface area contributed by atoms with Crippen molar-refractivity contribution in [1.82, 2.24) is 19.4 Å². The van der Waals surface area contributed by atoms with Crippen LogP contribution in [0.1, 0.15) is 57.4 Å². The van der Waals surface area contributed by atoms with Gasteiger partial charge in [-0.25, -0.2) is 13.2 Å². The number of alkyl halides is 3. The molecule has 2 N–H and O–H groups in total. The van der Waals surface area contributed by atoms with E-state index in [1.807, 2.05) is 17.0 Å². The number of nitrogens with zero attached hydrogens (tertiary/aromatic N) is 3. The Morgan fingerprint density at radius 3 is 2.08 bits per heavy atom. The molecule has 1 aromatic rings. The highest BCUT2D eigenvalue weighted by molar-refractivity contribution is 7.89. The molecule has 2 aliphatic heterocycles. The molecular formula is C26H41F3N4O5S. The standard InChI is InChI=1S/C24H40N4O3S.C2HF3O2/c1-21(2)22-7-9-23(10-8-22)32(30,31)28(17-6-16-26-14-4-3-5-15-26)18-11-24(29)27-19-12-25-13-20-27;3-2(4,5)1(6)7/h7-10,21,25H,3-6,11-20H2,1-2H3;(H,6,7). The van der Waals surface area contributed by atoms with Gasteiger partial charge in [0.1, 0.15) is 0 Å². The fourth-order valence-corrected chi connectivity index (χ4v) is 5.95. The summed E-state index contributed by atoms with van der Waals surface area (Å²) in [5.41, 5.74) is 1.12. The lowest BCUT2D eigenvalue weighted by atomic mass is 10.0. The Labute approximate surface area is 229 Å². The number of amides is 1. The molecule has 2 heterocycles. The van der Waals surface area contributed by atoms with E-state index in [0.717, 1.165) is 44.7 Å². The summed E-state index contributed by atoms with van der Waals surface area (Å²) >= 11 is 0. The summed E-state index contributed by atoms with van der Waals surface area (Å²) in [6.45, 7) is 11.0. The first kappa shape index (κ1) is 33.0. The molecule has 0 aromatic heterocycles. The van der Waals surface area contributed by atoms with Crippen LogP contribution < -0.4 is 5.32 Å². The van der Waals surface area contributed by atoms with Gasteiger partial charge in [0.2, 0.25) is 15.9 Å². The fraction of sp³-hybridized carbons (Fsp3) is 0.692. The molecule has 2 fully saturated rings. The van der Waals surface area contributed by atoms with E-state index in [-0.39, 0.29) is 18.9 Å². The molecule has 0 bridgehead atoms. The van der Waals surface area contributed by atoms with E-state index < -0.39 is 22.2 Å². The van der Waals surface area contributed by atoms with Crippen LogP contribution in [0.3, 0.4) is 0 Å². The quantitative estimate of drug-likeness (QED) is 0.439. The lowest BCUT2D eigenvalue weighted by Crippen LogP contribution is -2.47. The Bertz CT molecular complexity index is 1010. The number of sulfonamides is 1. The zero-order valence-corrected chi connectivity index (χ0v) is 23.6. The Kier molecular flexibility index (Phi) is 13.1. The zero-order valence-electron chi connectivity index (χ0n) is 22.8. The minimum atomic E-state index is -5.08. The van der Waals surface area contributed by atoms with E-state index in [0.29, 0.717) is 30.4 Å². The number of rotatable bonds is 10. The van der Waals surface area contributed by atoms with Crippen molar-refractivity contribution in [3.05, 3.63) is 29.8 Å². The molecule has 0 spiro atoms. The van der Waals surface area contributed by atoms with Crippen molar-refractivity contribution in [2.24, 2.45) is 0 Å². The second-order valence-corrected chi connectivity index (χ2v) is 12.0. The van der Waals surface area contributed by atoms with Crippen LogP contribution in [0.5, 0.6) is 0 Å². The fourth-order valence-electron chi connectivity index (χ4n) is 4.47. The highest BCUT2D eigenvalue weighted by atomic mass is 32.2. The van der Waals surface area contributed by atoms with Crippen molar-refractivity contribution in [3.8, 4) is 0 Å². The number of piperazine rings is 1. The Balaban J connectivity index is 0.000000673. The zero-order chi connectivity index (χ0) is 29.1. The van der Waals surface area contributed by atoms with Gasteiger partial charge in [0.25, 0.3) is 0 Å². The molecule has 0 aliphatic carbocycles. The molecule has 2 aliphatic rings. The number of hydrogen-bond donors (Lipinski definition) is 2. The SMILES string of the molecule is CC(C)c1ccc(S(=O)(=O)N(CCCN2CCCCC2)CCC(=O)N2CCNCC2)cc1.O=C(O)C(F)(F)F. The molecule has 0 saturated carbocycles. The molecule has 39 heavy (non-hydrogen) atoms. The number of carbonyl (C=O) groups excluding carboxylic acids is 1. The molecule has 1 aromatic carbocycles. The minimum absolute atomic E-state index is 0.0397. The van der Waals surface area contributed by atoms with Crippen LogP contribution in [0.15, 0.2) is 29.2 Å². The number of hydrogen-bond acceptors (Lipinski definition) is 6. The first-order valence-electron chi connectivity index (χ1n) is 13.4. The third-order valence-corrected chi connectivity index (χ3v) is 8.72. The highest BCUT2D eigenvalue weighted by Crippen LogP contribution is 2.21. The van der Waals surface area contributed by atoms with Crippen LogP contribution in [0.4, 0.5) is 13.2 Å². The topological polar surface area (TPSA) is 110 Å². The van der Waals surface area contributed by atoms with Crippen molar-refractivity contribution >= 4 is 21.9 Å². The number of piperidine rings is 1. The predicted octanol–water partition coefficient (Wildman–Crippen LogP) is 3.13. The van der Waals surface area contributed by atoms with E-state index in [1.54, 1.807) is 12.1 Å². The molecule has 2 saturated heterocycles. The van der Waals surface area contributed by atoms with Crippen LogP contribution in [0, 0.1) is 0 Å². The minimum Gasteiger partial charge on any atom is -0.475 e. The first-order valence-corrected chi connectivity index (χ1v) is 14.9. The molecule has 9 nitrogen and oxygen atoms in total. The van der Waals surface area contributed by atoms with Gasteiger partial charge in [0.05, 0.1) is 4.90 Å². The van der Waals surface area contributed by atoms with Crippen LogP contribution in [-0.2, 0) is 19.6 Å². The molecule has 0 atom stereocenters. The van der Waals surface area contributed by atoms with E-state index >= 15 is 0 Å². The summed E-state index contributed by atoms with van der Waals surface area (Å²) in [4.78, 5) is 26.2. The molecule has 3 rings (SSSR count). The van der Waals surface area contributed by atoms with Crippen LogP contribution in [0.25, 0.3) is 0 Å². The van der Waals surface area contributed by atoms with Crippen molar-refractivity contribution in [1.29, 1.82) is 0 Å². The van der Waals surface area contributed by atoms with E-state index in [2.05, 4.69) is 24.1 Å². The Morgan fingerprint density at radius 2 is 1.56 bits per heavy atom. The maximum atomic E-state index is 13.5. The van der Waals surface area contributed by atoms with Gasteiger partial charge in [-0.15, -0.1) is 0 Å². The van der Waals surface area contributed by atoms with Crippen LogP contribution in [-0.4, -0.2) is 105 Å². The highest BCUT2D eigenvalue weighted by Gasteiger charge is 2.38. The molecule has 222 valence electrons. The summed E-state index contributed by atoms with van der Waals surface area (Å²) < 4.78 is 60.2. The van der Waals surface area contributed by atoms with Crippen molar-refractivity contribution < 1.29 is 36.3 Å². The lowest BCUT2D eigenvalue weighted by molar-refractivity contribution is -0.192. The molecule has 13 heteroatoms. The average molecular weight is 579 g/mol.